The van der Waals surface area contributed by atoms with Gasteiger partial charge in [0.25, 0.3) is 11.8 Å². The first-order valence-electron chi connectivity index (χ1n) is 15.7. The lowest BCUT2D eigenvalue weighted by Crippen LogP contribution is -2.30. The molecule has 6 rings (SSSR count). The first kappa shape index (κ1) is 35.6. The molecule has 1 heterocycles. The molecule has 6 aromatic rings. The van der Waals surface area contributed by atoms with Gasteiger partial charge in [0.05, 0.1) is 5.69 Å². The quantitative estimate of drug-likeness (QED) is 0.0905. The van der Waals surface area contributed by atoms with Gasteiger partial charge in [-0.15, -0.1) is 23.1 Å². The Bertz CT molecular complexity index is 2170. The summed E-state index contributed by atoms with van der Waals surface area (Å²) in [6, 6.07) is 40.0. The van der Waals surface area contributed by atoms with Gasteiger partial charge in [-0.3, -0.25) is 14.4 Å². The number of nitrogens with zero attached hydrogens (tertiary/aromatic N) is 1. The molecule has 0 saturated carbocycles. The molecule has 3 amide bonds. The lowest BCUT2D eigenvalue weighted by Gasteiger charge is -2.17. The van der Waals surface area contributed by atoms with Crippen molar-refractivity contribution in [3.63, 3.8) is 0 Å². The number of thioether (sulfide) groups is 1. The maximum Gasteiger partial charge on any atom is 0.272 e. The van der Waals surface area contributed by atoms with Crippen LogP contribution in [-0.2, 0) is 9.59 Å². The molecule has 7 nitrogen and oxygen atoms in total. The van der Waals surface area contributed by atoms with E-state index in [1.165, 1.54) is 29.2 Å². The third-order valence-corrected chi connectivity index (χ3v) is 10.4. The smallest absolute Gasteiger partial charge is 0.272 e. The van der Waals surface area contributed by atoms with Crippen molar-refractivity contribution in [2.75, 3.05) is 10.6 Å². The average Bonchev–Trinajstić information content (AvgIpc) is 3.52. The third kappa shape index (κ3) is 9.14. The minimum absolute atomic E-state index is 0.0500. The zero-order chi connectivity index (χ0) is 35.7. The summed E-state index contributed by atoms with van der Waals surface area (Å²) >= 11 is 15.6. The van der Waals surface area contributed by atoms with E-state index in [0.717, 1.165) is 26.6 Å². The number of thiazole rings is 1. The summed E-state index contributed by atoms with van der Waals surface area (Å²) in [5.41, 5.74) is 3.85. The molecular formula is C40H30Cl2N4O3S2. The van der Waals surface area contributed by atoms with Crippen molar-refractivity contribution in [1.29, 1.82) is 0 Å². The SMILES string of the molecule is Cc1sc(NC(=O)C(Sc2ccc(NC(=O)/C(=C/c3c(Cl)cccc3Cl)NC(=O)c3ccccc3)cc2)c2ccccc2)nc1-c1ccccc1. The van der Waals surface area contributed by atoms with E-state index >= 15 is 0 Å². The van der Waals surface area contributed by atoms with Crippen molar-refractivity contribution in [3.05, 3.63) is 171 Å². The number of amides is 3. The van der Waals surface area contributed by atoms with Gasteiger partial charge in [-0.2, -0.15) is 0 Å². The lowest BCUT2D eigenvalue weighted by molar-refractivity contribution is -0.116. The third-order valence-electron chi connectivity index (χ3n) is 7.60. The van der Waals surface area contributed by atoms with E-state index in [1.54, 1.807) is 60.7 Å². The molecule has 3 N–H and O–H groups in total. The minimum atomic E-state index is -0.584. The summed E-state index contributed by atoms with van der Waals surface area (Å²) in [6.45, 7) is 1.99. The molecule has 1 aromatic heterocycles. The number of hydrogen-bond donors (Lipinski definition) is 3. The first-order chi connectivity index (χ1) is 24.7. The normalized spacial score (nSPS) is 11.8. The van der Waals surface area contributed by atoms with Crippen molar-refractivity contribution in [1.82, 2.24) is 10.3 Å². The van der Waals surface area contributed by atoms with Gasteiger partial charge in [0, 0.05) is 42.2 Å². The number of hydrogen-bond acceptors (Lipinski definition) is 6. The van der Waals surface area contributed by atoms with Crippen LogP contribution in [0.5, 0.6) is 0 Å². The van der Waals surface area contributed by atoms with Crippen LogP contribution in [-0.4, -0.2) is 22.7 Å². The molecule has 0 fully saturated rings. The van der Waals surface area contributed by atoms with Crippen molar-refractivity contribution < 1.29 is 14.4 Å². The Hall–Kier alpha value is -5.19. The van der Waals surface area contributed by atoms with Crippen molar-refractivity contribution >= 4 is 80.9 Å². The molecular weight excluding hydrogens is 720 g/mol. The first-order valence-corrected chi connectivity index (χ1v) is 18.2. The second kappa shape index (κ2) is 16.7. The average molecular weight is 750 g/mol. The second-order valence-corrected chi connectivity index (χ2v) is 14.4. The van der Waals surface area contributed by atoms with Crippen LogP contribution in [0.25, 0.3) is 17.3 Å². The van der Waals surface area contributed by atoms with Crippen LogP contribution in [0.4, 0.5) is 10.8 Å². The molecule has 0 spiro atoms. The van der Waals surface area contributed by atoms with Crippen LogP contribution in [0.15, 0.2) is 144 Å². The molecule has 0 bridgehead atoms. The Balaban J connectivity index is 1.19. The number of anilines is 2. The zero-order valence-electron chi connectivity index (χ0n) is 27.1. The van der Waals surface area contributed by atoms with E-state index < -0.39 is 17.1 Å². The summed E-state index contributed by atoms with van der Waals surface area (Å²) in [6.07, 6.45) is 1.45. The van der Waals surface area contributed by atoms with E-state index in [0.29, 0.717) is 32.0 Å². The number of aromatic nitrogens is 1. The summed E-state index contributed by atoms with van der Waals surface area (Å²) in [4.78, 5) is 46.9. The predicted octanol–water partition coefficient (Wildman–Crippen LogP) is 10.3. The largest absolute Gasteiger partial charge is 0.321 e. The fourth-order valence-corrected chi connectivity index (χ4v) is 7.44. The van der Waals surface area contributed by atoms with Crippen molar-refractivity contribution in [2.45, 2.75) is 17.1 Å². The highest BCUT2D eigenvalue weighted by Gasteiger charge is 2.24. The second-order valence-electron chi connectivity index (χ2n) is 11.2. The Kier molecular flexibility index (Phi) is 11.7. The van der Waals surface area contributed by atoms with E-state index in [2.05, 4.69) is 16.0 Å². The summed E-state index contributed by atoms with van der Waals surface area (Å²) < 4.78 is 0. The van der Waals surface area contributed by atoms with Crippen molar-refractivity contribution in [2.24, 2.45) is 0 Å². The van der Waals surface area contributed by atoms with E-state index in [9.17, 15) is 14.4 Å². The highest BCUT2D eigenvalue weighted by atomic mass is 35.5. The van der Waals surface area contributed by atoms with Gasteiger partial charge in [-0.1, -0.05) is 108 Å². The van der Waals surface area contributed by atoms with Crippen LogP contribution in [0.2, 0.25) is 10.0 Å². The number of rotatable bonds is 11. The topological polar surface area (TPSA) is 100 Å². The highest BCUT2D eigenvalue weighted by molar-refractivity contribution is 8.00. The monoisotopic (exact) mass is 748 g/mol. The van der Waals surface area contributed by atoms with Gasteiger partial charge in [0.15, 0.2) is 5.13 Å². The van der Waals surface area contributed by atoms with Gasteiger partial charge in [0.1, 0.15) is 10.9 Å². The molecule has 1 atom stereocenters. The van der Waals surface area contributed by atoms with Crippen LogP contribution in [0.3, 0.4) is 0 Å². The fraction of sp³-hybridized carbons (Fsp3) is 0.0500. The van der Waals surface area contributed by atoms with E-state index in [4.69, 9.17) is 28.2 Å². The van der Waals surface area contributed by atoms with Crippen LogP contribution < -0.4 is 16.0 Å². The molecule has 0 aliphatic carbocycles. The van der Waals surface area contributed by atoms with Gasteiger partial charge in [-0.05, 0) is 67.1 Å². The molecule has 11 heteroatoms. The van der Waals surface area contributed by atoms with Crippen molar-refractivity contribution in [3.8, 4) is 11.3 Å². The molecule has 1 unspecified atom stereocenters. The van der Waals surface area contributed by atoms with Gasteiger partial charge in [-0.25, -0.2) is 4.98 Å². The van der Waals surface area contributed by atoms with Crippen LogP contribution >= 0.6 is 46.3 Å². The maximum absolute atomic E-state index is 13.8. The van der Waals surface area contributed by atoms with Crippen LogP contribution in [0, 0.1) is 6.92 Å². The van der Waals surface area contributed by atoms with E-state index in [1.807, 2.05) is 79.7 Å². The Morgan fingerprint density at radius 1 is 0.745 bits per heavy atom. The Labute approximate surface area is 313 Å². The number of nitrogens with one attached hydrogen (secondary N) is 3. The number of halogens is 2. The summed E-state index contributed by atoms with van der Waals surface area (Å²) in [5.74, 6) is -1.26. The molecule has 254 valence electrons. The van der Waals surface area contributed by atoms with Gasteiger partial charge >= 0.3 is 0 Å². The number of benzene rings is 5. The highest BCUT2D eigenvalue weighted by Crippen LogP contribution is 2.38. The molecule has 0 aliphatic heterocycles. The van der Waals surface area contributed by atoms with E-state index in [-0.39, 0.29) is 11.6 Å². The lowest BCUT2D eigenvalue weighted by atomic mass is 10.1. The molecule has 5 aromatic carbocycles. The minimum Gasteiger partial charge on any atom is -0.321 e. The number of carbonyl (C=O) groups is 3. The Morgan fingerprint density at radius 2 is 1.35 bits per heavy atom. The summed E-state index contributed by atoms with van der Waals surface area (Å²) in [7, 11) is 0. The van der Waals surface area contributed by atoms with Gasteiger partial charge in [0.2, 0.25) is 5.91 Å². The van der Waals surface area contributed by atoms with Gasteiger partial charge < -0.3 is 16.0 Å². The number of carbonyl (C=O) groups excluding carboxylic acids is 3. The fourth-order valence-electron chi connectivity index (χ4n) is 5.07. The molecule has 0 saturated heterocycles. The molecule has 0 radical (unpaired) electrons. The maximum atomic E-state index is 13.8. The zero-order valence-corrected chi connectivity index (χ0v) is 30.2. The molecule has 51 heavy (non-hydrogen) atoms. The molecule has 0 aliphatic rings. The summed E-state index contributed by atoms with van der Waals surface area (Å²) in [5, 5.41) is 9.15. The number of aryl methyl sites for hydroxylation is 1. The van der Waals surface area contributed by atoms with Crippen LogP contribution in [0.1, 0.15) is 31.6 Å². The Morgan fingerprint density at radius 3 is 2.00 bits per heavy atom. The standard InChI is InChI=1S/C40H30Cl2N4O3S2/c1-25-35(26-12-5-2-6-13-26)45-40(50-25)46-39(49)36(27-14-7-3-8-15-27)51-30-22-20-29(21-23-30)43-38(48)34(24-31-32(41)18-11-19-33(31)42)44-37(47)28-16-9-4-10-17-28/h2-24,36H,1H3,(H,43,48)(H,44,47)(H,45,46,49)/b34-24-. The predicted molar refractivity (Wildman–Crippen MR) is 209 cm³/mol.